The van der Waals surface area contributed by atoms with Gasteiger partial charge in [0.2, 0.25) is 0 Å². The van der Waals surface area contributed by atoms with Crippen LogP contribution in [0.2, 0.25) is 0 Å². The fourth-order valence-electron chi connectivity index (χ4n) is 4.46. The Balaban J connectivity index is 1.42. The number of rotatable bonds is 8. The Bertz CT molecular complexity index is 1300. The second kappa shape index (κ2) is 10.8. The second-order valence-electron chi connectivity index (χ2n) is 9.43. The van der Waals surface area contributed by atoms with Crippen LogP contribution in [0.3, 0.4) is 0 Å². The van der Waals surface area contributed by atoms with Crippen molar-refractivity contribution in [1.29, 1.82) is 0 Å². The molecule has 1 aliphatic heterocycles. The molecular formula is C27H27F4N3O3. The van der Waals surface area contributed by atoms with Gasteiger partial charge in [-0.2, -0.15) is 13.2 Å². The molecule has 3 aromatic rings. The van der Waals surface area contributed by atoms with E-state index in [0.717, 1.165) is 23.9 Å². The Hall–Kier alpha value is -3.53. The van der Waals surface area contributed by atoms with Crippen LogP contribution in [0.4, 0.5) is 17.6 Å². The Morgan fingerprint density at radius 2 is 2.00 bits per heavy atom. The van der Waals surface area contributed by atoms with Crippen molar-refractivity contribution in [2.45, 2.75) is 46.0 Å². The molecule has 4 rings (SSSR count). The smallest absolute Gasteiger partial charge is 0.416 e. The molecule has 6 nitrogen and oxygen atoms in total. The molecule has 0 amide bonds. The average molecular weight is 518 g/mol. The molecule has 2 aromatic carbocycles. The minimum Gasteiger partial charge on any atom is -0.489 e. The van der Waals surface area contributed by atoms with Crippen LogP contribution in [-0.2, 0) is 30.5 Å². The molecule has 0 spiro atoms. The molecule has 2 heterocycles. The summed E-state index contributed by atoms with van der Waals surface area (Å²) in [5.41, 5.74) is 1.67. The minimum atomic E-state index is -4.46. The summed E-state index contributed by atoms with van der Waals surface area (Å²) in [6.45, 7) is 5.13. The molecule has 196 valence electrons. The molecule has 10 heteroatoms. The van der Waals surface area contributed by atoms with E-state index in [2.05, 4.69) is 14.9 Å². The quantitative estimate of drug-likeness (QED) is 0.389. The third-order valence-corrected chi connectivity index (χ3v) is 6.30. The number of aryl methyl sites for hydroxylation is 1. The minimum absolute atomic E-state index is 0.0202. The molecule has 0 fully saturated rings. The summed E-state index contributed by atoms with van der Waals surface area (Å²) in [5, 5.41) is 8.96. The highest BCUT2D eigenvalue weighted by Gasteiger charge is 2.32. The number of hydrogen-bond donors (Lipinski definition) is 1. The zero-order valence-electron chi connectivity index (χ0n) is 20.5. The Morgan fingerprint density at radius 1 is 1.22 bits per heavy atom. The number of hydrogen-bond acceptors (Lipinski definition) is 5. The van der Waals surface area contributed by atoms with E-state index in [9.17, 15) is 22.4 Å². The Labute approximate surface area is 211 Å². The van der Waals surface area contributed by atoms with E-state index in [1.807, 2.05) is 6.92 Å². The SMILES string of the molecule is Cc1ccc(COc2ccc(-c3ncc4c(n3)CCN(CC(C)CC(=O)O)C4)c(F)c2)cc1C(F)(F)F. The predicted molar refractivity (Wildman–Crippen MR) is 128 cm³/mol. The van der Waals surface area contributed by atoms with Gasteiger partial charge in [-0.15, -0.1) is 0 Å². The van der Waals surface area contributed by atoms with E-state index in [0.29, 0.717) is 25.1 Å². The lowest BCUT2D eigenvalue weighted by atomic mass is 10.0. The van der Waals surface area contributed by atoms with Crippen molar-refractivity contribution < 1.29 is 32.2 Å². The molecule has 0 radical (unpaired) electrons. The first-order valence-electron chi connectivity index (χ1n) is 11.9. The molecule has 1 aromatic heterocycles. The maximum atomic E-state index is 14.9. The van der Waals surface area contributed by atoms with Crippen LogP contribution in [0.15, 0.2) is 42.6 Å². The van der Waals surface area contributed by atoms with Crippen molar-refractivity contribution in [3.8, 4) is 17.1 Å². The third kappa shape index (κ3) is 6.62. The number of halogens is 4. The third-order valence-electron chi connectivity index (χ3n) is 6.30. The average Bonchev–Trinajstić information content (AvgIpc) is 2.82. The summed E-state index contributed by atoms with van der Waals surface area (Å²) in [6, 6.07) is 8.16. The predicted octanol–water partition coefficient (Wildman–Crippen LogP) is 5.66. The van der Waals surface area contributed by atoms with Gasteiger partial charge in [-0.3, -0.25) is 9.69 Å². The molecule has 1 atom stereocenters. The van der Waals surface area contributed by atoms with Crippen molar-refractivity contribution in [3.05, 3.63) is 76.4 Å². The van der Waals surface area contributed by atoms with Gasteiger partial charge in [0, 0.05) is 50.3 Å². The summed E-state index contributed by atoms with van der Waals surface area (Å²) in [6.07, 6.45) is -2.04. The van der Waals surface area contributed by atoms with E-state index in [-0.39, 0.29) is 41.6 Å². The number of aliphatic carboxylic acids is 1. The van der Waals surface area contributed by atoms with Crippen LogP contribution >= 0.6 is 0 Å². The number of nitrogens with zero attached hydrogens (tertiary/aromatic N) is 3. The topological polar surface area (TPSA) is 75.6 Å². The van der Waals surface area contributed by atoms with E-state index < -0.39 is 23.5 Å². The van der Waals surface area contributed by atoms with Gasteiger partial charge >= 0.3 is 12.1 Å². The van der Waals surface area contributed by atoms with E-state index in [1.165, 1.54) is 31.2 Å². The second-order valence-corrected chi connectivity index (χ2v) is 9.43. The summed E-state index contributed by atoms with van der Waals surface area (Å²) >= 11 is 0. The van der Waals surface area contributed by atoms with Gasteiger partial charge in [-0.25, -0.2) is 14.4 Å². The van der Waals surface area contributed by atoms with Crippen LogP contribution in [0.5, 0.6) is 5.75 Å². The van der Waals surface area contributed by atoms with Crippen molar-refractivity contribution in [2.24, 2.45) is 5.92 Å². The monoisotopic (exact) mass is 517 g/mol. The number of carbonyl (C=O) groups is 1. The molecular weight excluding hydrogens is 490 g/mol. The highest BCUT2D eigenvalue weighted by Crippen LogP contribution is 2.33. The lowest BCUT2D eigenvalue weighted by Crippen LogP contribution is -2.35. The standard InChI is InChI=1S/C27H27F4N3O3/c1-16(9-25(35)36)13-34-8-7-24-19(14-34)12-32-26(33-24)21-6-5-20(11-23(21)28)37-15-18-4-3-17(2)22(10-18)27(29,30)31/h3-6,10-12,16H,7-9,13-15H2,1-2H3,(H,35,36). The van der Waals surface area contributed by atoms with Gasteiger partial charge in [0.15, 0.2) is 5.82 Å². The fourth-order valence-corrected chi connectivity index (χ4v) is 4.46. The van der Waals surface area contributed by atoms with Gasteiger partial charge in [0.1, 0.15) is 18.2 Å². The van der Waals surface area contributed by atoms with E-state index in [1.54, 1.807) is 12.3 Å². The summed E-state index contributed by atoms with van der Waals surface area (Å²) in [5.74, 6) is -0.977. The van der Waals surface area contributed by atoms with Crippen molar-refractivity contribution in [1.82, 2.24) is 14.9 Å². The van der Waals surface area contributed by atoms with Gasteiger partial charge in [0.25, 0.3) is 0 Å². The van der Waals surface area contributed by atoms with Crippen LogP contribution in [0.1, 0.15) is 41.3 Å². The Morgan fingerprint density at radius 3 is 2.70 bits per heavy atom. The van der Waals surface area contributed by atoms with E-state index >= 15 is 0 Å². The van der Waals surface area contributed by atoms with Crippen molar-refractivity contribution in [2.75, 3.05) is 13.1 Å². The number of carboxylic acids is 1. The number of fused-ring (bicyclic) bond motifs is 1. The maximum Gasteiger partial charge on any atom is 0.416 e. The van der Waals surface area contributed by atoms with Gasteiger partial charge in [0.05, 0.1) is 16.8 Å². The highest BCUT2D eigenvalue weighted by atomic mass is 19.4. The number of alkyl halides is 3. The molecule has 0 saturated heterocycles. The Kier molecular flexibility index (Phi) is 7.77. The molecule has 0 saturated carbocycles. The lowest BCUT2D eigenvalue weighted by molar-refractivity contribution is -0.139. The van der Waals surface area contributed by atoms with E-state index in [4.69, 9.17) is 9.84 Å². The number of benzene rings is 2. The maximum absolute atomic E-state index is 14.9. The normalized spacial score (nSPS) is 14.8. The van der Waals surface area contributed by atoms with Crippen LogP contribution in [0, 0.1) is 18.7 Å². The van der Waals surface area contributed by atoms with Crippen LogP contribution in [-0.4, -0.2) is 39.0 Å². The summed E-state index contributed by atoms with van der Waals surface area (Å²) in [4.78, 5) is 22.0. The molecule has 1 N–H and O–H groups in total. The zero-order valence-corrected chi connectivity index (χ0v) is 20.5. The first kappa shape index (κ1) is 26.5. The fraction of sp³-hybridized carbons (Fsp3) is 0.370. The van der Waals surface area contributed by atoms with Gasteiger partial charge in [-0.1, -0.05) is 19.1 Å². The summed E-state index contributed by atoms with van der Waals surface area (Å²) in [7, 11) is 0. The number of ether oxygens (including phenoxy) is 1. The van der Waals surface area contributed by atoms with Crippen molar-refractivity contribution in [3.63, 3.8) is 0 Å². The van der Waals surface area contributed by atoms with Gasteiger partial charge < -0.3 is 9.84 Å². The van der Waals surface area contributed by atoms with Crippen LogP contribution in [0.25, 0.3) is 11.4 Å². The highest BCUT2D eigenvalue weighted by molar-refractivity contribution is 5.67. The lowest BCUT2D eigenvalue weighted by Gasteiger charge is -2.29. The molecule has 1 aliphatic rings. The molecule has 37 heavy (non-hydrogen) atoms. The van der Waals surface area contributed by atoms with Crippen molar-refractivity contribution >= 4 is 5.97 Å². The first-order chi connectivity index (χ1) is 17.5. The number of carboxylic acid groups (broad SMARTS) is 1. The van der Waals surface area contributed by atoms with Crippen LogP contribution < -0.4 is 4.74 Å². The van der Waals surface area contributed by atoms with Gasteiger partial charge in [-0.05, 0) is 42.2 Å². The zero-order chi connectivity index (χ0) is 26.7. The summed E-state index contributed by atoms with van der Waals surface area (Å²) < 4.78 is 59.9. The first-order valence-corrected chi connectivity index (χ1v) is 11.9. The molecule has 0 bridgehead atoms. The number of aromatic nitrogens is 2. The molecule has 0 aliphatic carbocycles. The largest absolute Gasteiger partial charge is 0.489 e. The molecule has 1 unspecified atom stereocenters.